The molecule has 0 saturated carbocycles. The quantitative estimate of drug-likeness (QED) is 0.516. The Balaban J connectivity index is 2.30. The lowest BCUT2D eigenvalue weighted by atomic mass is 9.83. The zero-order valence-electron chi connectivity index (χ0n) is 10.4. The Bertz CT molecular complexity index is 897. The maximum atomic E-state index is 12.6. The van der Waals surface area contributed by atoms with Crippen LogP contribution in [0, 0.1) is 0 Å². The minimum atomic E-state index is 0.0382. The van der Waals surface area contributed by atoms with E-state index in [1.807, 2.05) is 42.5 Å². The van der Waals surface area contributed by atoms with E-state index in [2.05, 4.69) is 15.9 Å². The molecule has 0 aromatic heterocycles. The van der Waals surface area contributed by atoms with Gasteiger partial charge in [-0.15, -0.1) is 0 Å². The summed E-state index contributed by atoms with van der Waals surface area (Å²) < 4.78 is 0.630. The van der Waals surface area contributed by atoms with Gasteiger partial charge in [0.25, 0.3) is 0 Å². The van der Waals surface area contributed by atoms with Gasteiger partial charge in [0, 0.05) is 21.9 Å². The third-order valence-electron chi connectivity index (χ3n) is 3.78. The molecule has 0 radical (unpaired) electrons. The summed E-state index contributed by atoms with van der Waals surface area (Å²) in [6.45, 7) is 0. The Kier molecular flexibility index (Phi) is 2.30. The second-order valence-electron chi connectivity index (χ2n) is 4.86. The van der Waals surface area contributed by atoms with Crippen molar-refractivity contribution in [3.63, 3.8) is 0 Å². The second kappa shape index (κ2) is 3.93. The molecule has 0 amide bonds. The molecule has 0 heterocycles. The molecule has 0 aliphatic heterocycles. The zero-order chi connectivity index (χ0) is 13.9. The molecule has 20 heavy (non-hydrogen) atoms. The third-order valence-corrected chi connectivity index (χ3v) is 4.62. The van der Waals surface area contributed by atoms with E-state index in [1.54, 1.807) is 6.07 Å². The van der Waals surface area contributed by atoms with E-state index in [0.29, 0.717) is 15.6 Å². The van der Waals surface area contributed by atoms with Crippen LogP contribution >= 0.6 is 15.9 Å². The van der Waals surface area contributed by atoms with Crippen molar-refractivity contribution in [3.05, 3.63) is 64.1 Å². The standard InChI is InChI=1S/C17H9BrO2/c18-16-11-6-3-7-12-15(11)13(8-14(16)19)9-4-1-2-5-10(9)17(12)20/h1-8,19H. The lowest BCUT2D eigenvalue weighted by molar-refractivity contribution is 0.104. The number of rotatable bonds is 0. The van der Waals surface area contributed by atoms with Gasteiger partial charge in [0.15, 0.2) is 5.78 Å². The van der Waals surface area contributed by atoms with Gasteiger partial charge in [-0.25, -0.2) is 0 Å². The van der Waals surface area contributed by atoms with Crippen molar-refractivity contribution in [2.45, 2.75) is 0 Å². The number of phenols is 1. The van der Waals surface area contributed by atoms with Gasteiger partial charge in [-0.1, -0.05) is 42.5 Å². The van der Waals surface area contributed by atoms with Crippen LogP contribution in [-0.2, 0) is 0 Å². The molecular weight excluding hydrogens is 316 g/mol. The molecule has 3 aromatic carbocycles. The van der Waals surface area contributed by atoms with Crippen molar-refractivity contribution in [3.8, 4) is 16.9 Å². The molecule has 4 rings (SSSR count). The molecular formula is C17H9BrO2. The maximum absolute atomic E-state index is 12.6. The van der Waals surface area contributed by atoms with Crippen LogP contribution in [0.25, 0.3) is 21.9 Å². The highest BCUT2D eigenvalue weighted by molar-refractivity contribution is 9.10. The first kappa shape index (κ1) is 11.7. The van der Waals surface area contributed by atoms with Crippen LogP contribution in [0.4, 0.5) is 0 Å². The molecule has 0 atom stereocenters. The van der Waals surface area contributed by atoms with Gasteiger partial charge in [-0.3, -0.25) is 4.79 Å². The highest BCUT2D eigenvalue weighted by atomic mass is 79.9. The van der Waals surface area contributed by atoms with Gasteiger partial charge < -0.3 is 5.11 Å². The van der Waals surface area contributed by atoms with Gasteiger partial charge in [-0.05, 0) is 33.1 Å². The van der Waals surface area contributed by atoms with E-state index < -0.39 is 0 Å². The van der Waals surface area contributed by atoms with Crippen LogP contribution in [0.5, 0.6) is 5.75 Å². The van der Waals surface area contributed by atoms with Crippen molar-refractivity contribution in [1.82, 2.24) is 0 Å². The number of aromatic hydroxyl groups is 1. The molecule has 0 saturated heterocycles. The largest absolute Gasteiger partial charge is 0.507 e. The summed E-state index contributed by atoms with van der Waals surface area (Å²) in [4.78, 5) is 12.6. The zero-order valence-corrected chi connectivity index (χ0v) is 11.9. The number of carbonyl (C=O) groups excluding carboxylic acids is 1. The van der Waals surface area contributed by atoms with Crippen LogP contribution in [0.15, 0.2) is 53.0 Å². The average Bonchev–Trinajstić information content (AvgIpc) is 2.49. The Labute approximate surface area is 123 Å². The summed E-state index contributed by atoms with van der Waals surface area (Å²) in [6, 6.07) is 14.8. The highest BCUT2D eigenvalue weighted by Gasteiger charge is 2.26. The summed E-state index contributed by atoms with van der Waals surface area (Å²) >= 11 is 3.40. The number of hydrogen-bond acceptors (Lipinski definition) is 2. The number of benzene rings is 3. The smallest absolute Gasteiger partial charge is 0.194 e. The molecule has 96 valence electrons. The maximum Gasteiger partial charge on any atom is 0.194 e. The fourth-order valence-corrected chi connectivity index (χ4v) is 3.34. The van der Waals surface area contributed by atoms with Crippen molar-refractivity contribution >= 4 is 32.5 Å². The van der Waals surface area contributed by atoms with E-state index >= 15 is 0 Å². The topological polar surface area (TPSA) is 37.3 Å². The predicted octanol–water partition coefficient (Wildman–Crippen LogP) is 4.52. The lowest BCUT2D eigenvalue weighted by Crippen LogP contribution is -2.09. The van der Waals surface area contributed by atoms with E-state index in [0.717, 1.165) is 21.9 Å². The number of fused-ring (bicyclic) bond motifs is 2. The van der Waals surface area contributed by atoms with Gasteiger partial charge in [0.2, 0.25) is 0 Å². The first-order valence-electron chi connectivity index (χ1n) is 6.27. The number of carbonyl (C=O) groups is 1. The Morgan fingerprint density at radius 2 is 1.55 bits per heavy atom. The molecule has 3 aromatic rings. The van der Waals surface area contributed by atoms with Crippen molar-refractivity contribution < 1.29 is 9.90 Å². The highest BCUT2D eigenvalue weighted by Crippen LogP contribution is 2.45. The molecule has 3 heteroatoms. The van der Waals surface area contributed by atoms with Crippen molar-refractivity contribution in [2.75, 3.05) is 0 Å². The summed E-state index contributed by atoms with van der Waals surface area (Å²) in [5, 5.41) is 11.9. The van der Waals surface area contributed by atoms with E-state index in [4.69, 9.17) is 0 Å². The van der Waals surface area contributed by atoms with Crippen LogP contribution in [-0.4, -0.2) is 10.9 Å². The molecule has 1 aliphatic rings. The molecule has 0 unspecified atom stereocenters. The third kappa shape index (κ3) is 1.36. The monoisotopic (exact) mass is 324 g/mol. The lowest BCUT2D eigenvalue weighted by Gasteiger charge is -2.20. The van der Waals surface area contributed by atoms with E-state index in [1.165, 1.54) is 0 Å². The van der Waals surface area contributed by atoms with Crippen LogP contribution in [0.3, 0.4) is 0 Å². The molecule has 0 bridgehead atoms. The number of ketones is 1. The van der Waals surface area contributed by atoms with E-state index in [-0.39, 0.29) is 11.5 Å². The minimum Gasteiger partial charge on any atom is -0.507 e. The Hall–Kier alpha value is -2.13. The Morgan fingerprint density at radius 3 is 2.35 bits per heavy atom. The van der Waals surface area contributed by atoms with Gasteiger partial charge in [0.05, 0.1) is 4.47 Å². The summed E-state index contributed by atoms with van der Waals surface area (Å²) in [5.74, 6) is 0.227. The fourth-order valence-electron chi connectivity index (χ4n) is 2.90. The second-order valence-corrected chi connectivity index (χ2v) is 5.65. The van der Waals surface area contributed by atoms with Crippen LogP contribution in [0.2, 0.25) is 0 Å². The molecule has 1 N–H and O–H groups in total. The Morgan fingerprint density at radius 1 is 0.850 bits per heavy atom. The molecule has 0 fully saturated rings. The van der Waals surface area contributed by atoms with E-state index in [9.17, 15) is 9.90 Å². The molecule has 1 aliphatic carbocycles. The average molecular weight is 325 g/mol. The number of phenolic OH excluding ortho intramolecular Hbond substituents is 1. The van der Waals surface area contributed by atoms with Gasteiger partial charge in [-0.2, -0.15) is 0 Å². The van der Waals surface area contributed by atoms with Crippen LogP contribution in [0.1, 0.15) is 15.9 Å². The van der Waals surface area contributed by atoms with Crippen molar-refractivity contribution in [2.24, 2.45) is 0 Å². The SMILES string of the molecule is O=C1c2ccccc2-c2cc(O)c(Br)c3cccc1c23. The van der Waals surface area contributed by atoms with Gasteiger partial charge >= 0.3 is 0 Å². The predicted molar refractivity (Wildman–Crippen MR) is 82.2 cm³/mol. The minimum absolute atomic E-state index is 0.0382. The fraction of sp³-hybridized carbons (Fsp3) is 0. The molecule has 2 nitrogen and oxygen atoms in total. The van der Waals surface area contributed by atoms with Crippen molar-refractivity contribution in [1.29, 1.82) is 0 Å². The first-order chi connectivity index (χ1) is 9.68. The summed E-state index contributed by atoms with van der Waals surface area (Å²) in [5.41, 5.74) is 3.17. The van der Waals surface area contributed by atoms with Crippen LogP contribution < -0.4 is 0 Å². The molecule has 0 spiro atoms. The number of halogens is 1. The first-order valence-corrected chi connectivity index (χ1v) is 7.06. The summed E-state index contributed by atoms with van der Waals surface area (Å²) in [7, 11) is 0. The van der Waals surface area contributed by atoms with Gasteiger partial charge in [0.1, 0.15) is 5.75 Å². The summed E-state index contributed by atoms with van der Waals surface area (Å²) in [6.07, 6.45) is 0. The number of hydrogen-bond donors (Lipinski definition) is 1. The normalized spacial score (nSPS) is 12.6.